The number of amides is 1. The van der Waals surface area contributed by atoms with Gasteiger partial charge in [-0.3, -0.25) is 9.79 Å². The Morgan fingerprint density at radius 3 is 2.50 bits per heavy atom. The van der Waals surface area contributed by atoms with E-state index in [1.54, 1.807) is 13.2 Å². The molecule has 0 saturated carbocycles. The van der Waals surface area contributed by atoms with Gasteiger partial charge in [-0.2, -0.15) is 0 Å². The van der Waals surface area contributed by atoms with Crippen LogP contribution in [0.2, 0.25) is 5.02 Å². The molecule has 1 amide bonds. The predicted octanol–water partition coefficient (Wildman–Crippen LogP) is 2.76. The minimum atomic E-state index is 0. The highest BCUT2D eigenvalue weighted by Crippen LogP contribution is 2.14. The smallest absolute Gasteiger partial charge is 0.224 e. The van der Waals surface area contributed by atoms with Gasteiger partial charge in [-0.15, -0.1) is 24.0 Å². The van der Waals surface area contributed by atoms with Gasteiger partial charge in [-0.25, -0.2) is 4.98 Å². The number of carbonyl (C=O) groups is 1. The number of rotatable bonds is 6. The topological polar surface area (TPSA) is 72.9 Å². The molecule has 3 rings (SSSR count). The van der Waals surface area contributed by atoms with E-state index in [4.69, 9.17) is 11.6 Å². The molecule has 0 bridgehead atoms. The van der Waals surface area contributed by atoms with Crippen LogP contribution in [0.4, 0.5) is 5.82 Å². The van der Waals surface area contributed by atoms with Crippen molar-refractivity contribution in [1.82, 2.24) is 20.5 Å². The summed E-state index contributed by atoms with van der Waals surface area (Å²) in [4.78, 5) is 25.2. The highest BCUT2D eigenvalue weighted by Gasteiger charge is 2.21. The molecular formula is C21H28ClIN6O. The van der Waals surface area contributed by atoms with Crippen LogP contribution in [-0.4, -0.2) is 61.5 Å². The summed E-state index contributed by atoms with van der Waals surface area (Å²) >= 11 is 6.17. The zero-order valence-electron chi connectivity index (χ0n) is 17.1. The quantitative estimate of drug-likeness (QED) is 0.334. The zero-order chi connectivity index (χ0) is 20.5. The number of guanidine groups is 1. The van der Waals surface area contributed by atoms with E-state index in [0.29, 0.717) is 25.5 Å². The number of nitrogens with zero attached hydrogens (tertiary/aromatic N) is 4. The first kappa shape index (κ1) is 24.2. The maximum Gasteiger partial charge on any atom is 0.224 e. The molecule has 1 fully saturated rings. The van der Waals surface area contributed by atoms with Gasteiger partial charge in [-0.1, -0.05) is 35.9 Å². The number of piperazine rings is 1. The van der Waals surface area contributed by atoms with Crippen molar-refractivity contribution in [2.75, 3.05) is 44.7 Å². The number of aliphatic imine (C=N–C) groups is 1. The van der Waals surface area contributed by atoms with Crippen molar-refractivity contribution in [3.8, 4) is 0 Å². The molecule has 7 nitrogen and oxygen atoms in total. The summed E-state index contributed by atoms with van der Waals surface area (Å²) in [6.45, 7) is 4.14. The summed E-state index contributed by atoms with van der Waals surface area (Å²) in [6, 6.07) is 13.6. The summed E-state index contributed by atoms with van der Waals surface area (Å²) in [7, 11) is 1.71. The third-order valence-electron chi connectivity index (χ3n) is 4.86. The van der Waals surface area contributed by atoms with Crippen LogP contribution in [0.5, 0.6) is 0 Å². The predicted molar refractivity (Wildman–Crippen MR) is 133 cm³/mol. The molecule has 0 radical (unpaired) electrons. The molecule has 0 unspecified atom stereocenters. The van der Waals surface area contributed by atoms with Crippen LogP contribution in [0, 0.1) is 0 Å². The average molecular weight is 543 g/mol. The van der Waals surface area contributed by atoms with Gasteiger partial charge in [0.1, 0.15) is 5.82 Å². The van der Waals surface area contributed by atoms with E-state index in [1.165, 1.54) is 0 Å². The number of nitrogens with one attached hydrogen (secondary N) is 2. The van der Waals surface area contributed by atoms with E-state index in [2.05, 4.69) is 25.5 Å². The third kappa shape index (κ3) is 7.02. The van der Waals surface area contributed by atoms with Crippen LogP contribution >= 0.6 is 35.6 Å². The number of benzene rings is 1. The molecule has 1 aliphatic rings. The molecule has 1 aliphatic heterocycles. The lowest BCUT2D eigenvalue weighted by Gasteiger charge is -2.35. The first-order chi connectivity index (χ1) is 14.2. The minimum Gasteiger partial charge on any atom is -0.356 e. The Labute approximate surface area is 199 Å². The van der Waals surface area contributed by atoms with E-state index in [9.17, 15) is 4.79 Å². The number of hydrogen-bond donors (Lipinski definition) is 2. The van der Waals surface area contributed by atoms with Crippen molar-refractivity contribution >= 4 is 53.3 Å². The monoisotopic (exact) mass is 542 g/mol. The fraction of sp³-hybridized carbons (Fsp3) is 0.381. The summed E-state index contributed by atoms with van der Waals surface area (Å²) in [5, 5.41) is 7.13. The Balaban J connectivity index is 0.00000320. The van der Waals surface area contributed by atoms with Gasteiger partial charge in [0.2, 0.25) is 5.91 Å². The Morgan fingerprint density at radius 2 is 1.83 bits per heavy atom. The lowest BCUT2D eigenvalue weighted by molar-refractivity contribution is -0.131. The van der Waals surface area contributed by atoms with Crippen molar-refractivity contribution < 1.29 is 4.79 Å². The molecule has 2 N–H and O–H groups in total. The van der Waals surface area contributed by atoms with E-state index in [-0.39, 0.29) is 29.9 Å². The fourth-order valence-electron chi connectivity index (χ4n) is 3.21. The van der Waals surface area contributed by atoms with Crippen LogP contribution in [0.3, 0.4) is 0 Å². The van der Waals surface area contributed by atoms with E-state index in [1.807, 2.05) is 47.4 Å². The van der Waals surface area contributed by atoms with Crippen molar-refractivity contribution in [1.29, 1.82) is 0 Å². The maximum atomic E-state index is 12.5. The molecule has 9 heteroatoms. The van der Waals surface area contributed by atoms with Gasteiger partial charge in [0.05, 0.1) is 0 Å². The standard InChI is InChI=1S/C21H27ClN6O.HI/c1-23-21(26-16-17-6-2-3-7-18(17)22)25-11-9-20(29)28-14-12-27(13-15-28)19-8-4-5-10-24-19;/h2-8,10H,9,11-16H2,1H3,(H2,23,25,26);1H. The van der Waals surface area contributed by atoms with Crippen LogP contribution < -0.4 is 15.5 Å². The molecule has 2 heterocycles. The molecule has 1 aromatic carbocycles. The molecule has 30 heavy (non-hydrogen) atoms. The van der Waals surface area contributed by atoms with Crippen molar-refractivity contribution in [2.24, 2.45) is 4.99 Å². The van der Waals surface area contributed by atoms with Gasteiger partial charge in [-0.05, 0) is 23.8 Å². The molecule has 2 aromatic rings. The van der Waals surface area contributed by atoms with Gasteiger partial charge >= 0.3 is 0 Å². The van der Waals surface area contributed by atoms with E-state index in [0.717, 1.165) is 42.6 Å². The Hall–Kier alpha value is -2.07. The lowest BCUT2D eigenvalue weighted by Crippen LogP contribution is -2.49. The second kappa shape index (κ2) is 12.6. The molecule has 0 spiro atoms. The highest BCUT2D eigenvalue weighted by atomic mass is 127. The number of hydrogen-bond acceptors (Lipinski definition) is 4. The van der Waals surface area contributed by atoms with Crippen molar-refractivity contribution in [3.63, 3.8) is 0 Å². The first-order valence-electron chi connectivity index (χ1n) is 9.79. The number of anilines is 1. The average Bonchev–Trinajstić information content (AvgIpc) is 2.77. The minimum absolute atomic E-state index is 0. The number of pyridine rings is 1. The van der Waals surface area contributed by atoms with Crippen LogP contribution in [-0.2, 0) is 11.3 Å². The summed E-state index contributed by atoms with van der Waals surface area (Å²) < 4.78 is 0. The summed E-state index contributed by atoms with van der Waals surface area (Å²) in [5.41, 5.74) is 0.999. The SMILES string of the molecule is CN=C(NCCC(=O)N1CCN(c2ccccn2)CC1)NCc1ccccc1Cl.I. The van der Waals surface area contributed by atoms with Gasteiger partial charge in [0.25, 0.3) is 0 Å². The molecule has 1 saturated heterocycles. The van der Waals surface area contributed by atoms with Crippen LogP contribution in [0.25, 0.3) is 0 Å². The fourth-order valence-corrected chi connectivity index (χ4v) is 3.42. The van der Waals surface area contributed by atoms with Gasteiger partial charge < -0.3 is 20.4 Å². The molecule has 0 aliphatic carbocycles. The molecule has 162 valence electrons. The van der Waals surface area contributed by atoms with Crippen molar-refractivity contribution in [3.05, 3.63) is 59.2 Å². The van der Waals surface area contributed by atoms with E-state index >= 15 is 0 Å². The Bertz CT molecular complexity index is 827. The number of aromatic nitrogens is 1. The van der Waals surface area contributed by atoms with E-state index < -0.39 is 0 Å². The molecule has 1 aromatic heterocycles. The normalized spacial score (nSPS) is 14.1. The second-order valence-corrected chi connectivity index (χ2v) is 7.16. The molecule has 0 atom stereocenters. The second-order valence-electron chi connectivity index (χ2n) is 6.75. The Kier molecular flexibility index (Phi) is 10.2. The largest absolute Gasteiger partial charge is 0.356 e. The third-order valence-corrected chi connectivity index (χ3v) is 5.23. The highest BCUT2D eigenvalue weighted by molar-refractivity contribution is 14.0. The Morgan fingerprint density at radius 1 is 1.10 bits per heavy atom. The summed E-state index contributed by atoms with van der Waals surface area (Å²) in [5.74, 6) is 1.77. The maximum absolute atomic E-state index is 12.5. The van der Waals surface area contributed by atoms with Crippen LogP contribution in [0.15, 0.2) is 53.7 Å². The zero-order valence-corrected chi connectivity index (χ0v) is 20.1. The first-order valence-corrected chi connectivity index (χ1v) is 10.2. The number of carbonyl (C=O) groups excluding carboxylic acids is 1. The van der Waals surface area contributed by atoms with Gasteiger partial charge in [0.15, 0.2) is 5.96 Å². The summed E-state index contributed by atoms with van der Waals surface area (Å²) in [6.07, 6.45) is 2.22. The molecular weight excluding hydrogens is 515 g/mol. The van der Waals surface area contributed by atoms with Crippen molar-refractivity contribution in [2.45, 2.75) is 13.0 Å². The lowest BCUT2D eigenvalue weighted by atomic mass is 10.2. The van der Waals surface area contributed by atoms with Gasteiger partial charge in [0, 0.05) is 64.0 Å². The number of halogens is 2. The van der Waals surface area contributed by atoms with Crippen LogP contribution in [0.1, 0.15) is 12.0 Å².